The second kappa shape index (κ2) is 5.33. The molecule has 2 bridgehead atoms. The average molecular weight is 335 g/mol. The van der Waals surface area contributed by atoms with Crippen LogP contribution in [0.3, 0.4) is 0 Å². The van der Waals surface area contributed by atoms with E-state index < -0.39 is 16.8 Å². The molecule has 0 spiro atoms. The number of hydrogen-bond acceptors (Lipinski definition) is 3. The van der Waals surface area contributed by atoms with Gasteiger partial charge in [-0.25, -0.2) is 4.79 Å². The lowest BCUT2D eigenvalue weighted by atomic mass is 9.65. The summed E-state index contributed by atoms with van der Waals surface area (Å²) in [6, 6.07) is 5.61. The van der Waals surface area contributed by atoms with Crippen LogP contribution in [-0.2, 0) is 10.8 Å². The van der Waals surface area contributed by atoms with Crippen molar-refractivity contribution in [1.82, 2.24) is 0 Å². The van der Waals surface area contributed by atoms with E-state index in [2.05, 4.69) is 25.7 Å². The van der Waals surface area contributed by atoms with Gasteiger partial charge in [-0.3, -0.25) is 4.21 Å². The third kappa shape index (κ3) is 3.03. The maximum absolute atomic E-state index is 11.7. The van der Waals surface area contributed by atoms with E-state index in [9.17, 15) is 14.1 Å². The molecule has 1 saturated carbocycles. The summed E-state index contributed by atoms with van der Waals surface area (Å²) in [6.45, 7) is 7.83. The van der Waals surface area contributed by atoms with E-state index in [0.29, 0.717) is 16.4 Å². The summed E-state index contributed by atoms with van der Waals surface area (Å²) in [5.74, 6) is -0.946. The number of anilines is 1. The second-order valence-corrected chi connectivity index (χ2v) is 9.66. The number of hydrogen-bond donors (Lipinski definition) is 1. The Hall–Kier alpha value is -1.36. The van der Waals surface area contributed by atoms with Crippen molar-refractivity contribution >= 4 is 22.5 Å². The Morgan fingerprint density at radius 3 is 2.61 bits per heavy atom. The lowest BCUT2D eigenvalue weighted by Crippen LogP contribution is -2.35. The van der Waals surface area contributed by atoms with Gasteiger partial charge in [-0.1, -0.05) is 20.8 Å². The molecule has 126 valence electrons. The molecule has 1 aliphatic heterocycles. The van der Waals surface area contributed by atoms with Crippen LogP contribution < -0.4 is 4.90 Å². The van der Waals surface area contributed by atoms with Gasteiger partial charge in [0.15, 0.2) is 0 Å². The van der Waals surface area contributed by atoms with Crippen molar-refractivity contribution in [2.75, 3.05) is 17.7 Å². The first-order valence-corrected chi connectivity index (χ1v) is 9.64. The van der Waals surface area contributed by atoms with Gasteiger partial charge in [0.25, 0.3) is 0 Å². The minimum absolute atomic E-state index is 0.244. The maximum Gasteiger partial charge on any atom is 0.337 e. The smallest absolute Gasteiger partial charge is 0.337 e. The Morgan fingerprint density at radius 1 is 1.30 bits per heavy atom. The molecule has 1 aromatic carbocycles. The number of carboxylic acid groups (broad SMARTS) is 1. The number of rotatable bonds is 3. The van der Waals surface area contributed by atoms with Crippen molar-refractivity contribution in [3.63, 3.8) is 0 Å². The summed E-state index contributed by atoms with van der Waals surface area (Å²) in [4.78, 5) is 14.6. The monoisotopic (exact) mass is 335 g/mol. The largest absolute Gasteiger partial charge is 0.478 e. The van der Waals surface area contributed by atoms with E-state index >= 15 is 0 Å². The average Bonchev–Trinajstić information content (AvgIpc) is 2.67. The molecule has 2 fully saturated rings. The van der Waals surface area contributed by atoms with Crippen LogP contribution in [0, 0.1) is 10.8 Å². The molecule has 0 radical (unpaired) electrons. The first-order chi connectivity index (χ1) is 10.6. The van der Waals surface area contributed by atoms with Crippen molar-refractivity contribution in [2.24, 2.45) is 10.8 Å². The summed E-state index contributed by atoms with van der Waals surface area (Å²) in [5.41, 5.74) is 1.58. The minimum Gasteiger partial charge on any atom is -0.478 e. The van der Waals surface area contributed by atoms with Gasteiger partial charge in [-0.15, -0.1) is 0 Å². The van der Waals surface area contributed by atoms with E-state index in [0.717, 1.165) is 25.1 Å². The molecular weight excluding hydrogens is 310 g/mol. The highest BCUT2D eigenvalue weighted by atomic mass is 32.2. The van der Waals surface area contributed by atoms with Crippen molar-refractivity contribution in [3.05, 3.63) is 23.8 Å². The van der Waals surface area contributed by atoms with Crippen LogP contribution in [0.2, 0.25) is 0 Å². The number of benzene rings is 1. The molecule has 0 amide bonds. The van der Waals surface area contributed by atoms with Gasteiger partial charge in [0.2, 0.25) is 0 Å². The summed E-state index contributed by atoms with van der Waals surface area (Å²) < 4.78 is 11.7. The van der Waals surface area contributed by atoms with Crippen LogP contribution in [0.5, 0.6) is 0 Å². The standard InChI is InChI=1S/C18H25NO3S/c1-17(2)8-12-9-18(3,10-17)11-19(12)15-6-5-13(23(4)22)7-14(15)16(20)21/h5-7,12H,8-11H2,1-4H3,(H,20,21). The number of nitrogens with zero attached hydrogens (tertiary/aromatic N) is 1. The molecule has 1 aromatic rings. The van der Waals surface area contributed by atoms with Gasteiger partial charge in [-0.05, 0) is 48.3 Å². The third-order valence-corrected chi connectivity index (χ3v) is 6.17. The molecule has 3 atom stereocenters. The third-order valence-electron chi connectivity index (χ3n) is 5.25. The van der Waals surface area contributed by atoms with E-state index in [4.69, 9.17) is 0 Å². The van der Waals surface area contributed by atoms with Gasteiger partial charge in [0.1, 0.15) is 0 Å². The molecule has 1 heterocycles. The molecule has 23 heavy (non-hydrogen) atoms. The van der Waals surface area contributed by atoms with E-state index in [1.54, 1.807) is 18.4 Å². The van der Waals surface area contributed by atoms with Gasteiger partial charge < -0.3 is 10.0 Å². The zero-order chi connectivity index (χ0) is 17.0. The quantitative estimate of drug-likeness (QED) is 0.918. The summed E-state index contributed by atoms with van der Waals surface area (Å²) in [6.07, 6.45) is 4.96. The van der Waals surface area contributed by atoms with Crippen LogP contribution in [-0.4, -0.2) is 34.1 Å². The Labute approximate surface area is 140 Å². The van der Waals surface area contributed by atoms with Crippen molar-refractivity contribution < 1.29 is 14.1 Å². The predicted octanol–water partition coefficient (Wildman–Crippen LogP) is 3.53. The topological polar surface area (TPSA) is 57.6 Å². The van der Waals surface area contributed by atoms with Crippen LogP contribution in [0.4, 0.5) is 5.69 Å². The fourth-order valence-electron chi connectivity index (χ4n) is 4.86. The van der Waals surface area contributed by atoms with E-state index in [1.807, 2.05) is 6.07 Å². The fourth-order valence-corrected chi connectivity index (χ4v) is 5.40. The van der Waals surface area contributed by atoms with Gasteiger partial charge in [0, 0.05) is 34.5 Å². The molecular formula is C18H25NO3S. The van der Waals surface area contributed by atoms with Crippen molar-refractivity contribution in [1.29, 1.82) is 0 Å². The highest BCUT2D eigenvalue weighted by Crippen LogP contribution is 2.53. The Kier molecular flexibility index (Phi) is 3.82. The van der Waals surface area contributed by atoms with Crippen molar-refractivity contribution in [3.8, 4) is 0 Å². The molecule has 0 aromatic heterocycles. The Bertz CT molecular complexity index is 685. The molecule has 1 saturated heterocycles. The number of fused-ring (bicyclic) bond motifs is 2. The first kappa shape index (κ1) is 16.5. The lowest BCUT2D eigenvalue weighted by Gasteiger charge is -2.39. The minimum atomic E-state index is -1.17. The van der Waals surface area contributed by atoms with Gasteiger partial charge in [-0.2, -0.15) is 0 Å². The normalized spacial score (nSPS) is 30.3. The van der Waals surface area contributed by atoms with Gasteiger partial charge >= 0.3 is 5.97 Å². The maximum atomic E-state index is 11.7. The number of aromatic carboxylic acids is 1. The second-order valence-electron chi connectivity index (χ2n) is 8.28. The van der Waals surface area contributed by atoms with E-state index in [1.165, 1.54) is 6.42 Å². The van der Waals surface area contributed by atoms with Crippen LogP contribution in [0.25, 0.3) is 0 Å². The molecule has 1 N–H and O–H groups in total. The molecule has 2 aliphatic rings. The molecule has 1 aliphatic carbocycles. The summed E-state index contributed by atoms with van der Waals surface area (Å²) in [5, 5.41) is 9.61. The fraction of sp³-hybridized carbons (Fsp3) is 0.611. The summed E-state index contributed by atoms with van der Waals surface area (Å²) >= 11 is 0. The highest BCUT2D eigenvalue weighted by Gasteiger charge is 2.50. The predicted molar refractivity (Wildman–Crippen MR) is 92.6 cm³/mol. The van der Waals surface area contributed by atoms with E-state index in [-0.39, 0.29) is 11.0 Å². The first-order valence-electron chi connectivity index (χ1n) is 8.08. The Balaban J connectivity index is 2.02. The van der Waals surface area contributed by atoms with Crippen molar-refractivity contribution in [2.45, 2.75) is 51.0 Å². The molecule has 4 nitrogen and oxygen atoms in total. The van der Waals surface area contributed by atoms with Crippen LogP contribution >= 0.6 is 0 Å². The number of carbonyl (C=O) groups is 1. The Morgan fingerprint density at radius 2 is 2.00 bits per heavy atom. The van der Waals surface area contributed by atoms with Crippen LogP contribution in [0.15, 0.2) is 23.1 Å². The molecule has 5 heteroatoms. The highest BCUT2D eigenvalue weighted by molar-refractivity contribution is 7.84. The SMILES string of the molecule is CS(=O)c1ccc(N2CC3(C)CC2CC(C)(C)C3)c(C(=O)O)c1. The van der Waals surface area contributed by atoms with Crippen LogP contribution in [0.1, 0.15) is 50.4 Å². The molecule has 3 unspecified atom stereocenters. The zero-order valence-electron chi connectivity index (χ0n) is 14.3. The zero-order valence-corrected chi connectivity index (χ0v) is 15.1. The van der Waals surface area contributed by atoms with Gasteiger partial charge in [0.05, 0.1) is 11.3 Å². The lowest BCUT2D eigenvalue weighted by molar-refractivity contribution is 0.0697. The molecule has 3 rings (SSSR count). The number of carboxylic acids is 1. The summed E-state index contributed by atoms with van der Waals surface area (Å²) in [7, 11) is -1.17.